The fourth-order valence-corrected chi connectivity index (χ4v) is 3.26. The molecule has 0 amide bonds. The summed E-state index contributed by atoms with van der Waals surface area (Å²) in [5.74, 6) is -0.880. The smallest absolute Gasteiger partial charge is 0.352 e. The minimum atomic E-state index is -0.880. The van der Waals surface area contributed by atoms with Gasteiger partial charge < -0.3 is 15.0 Å². The Hall–Kier alpha value is -2.59. The molecule has 26 heavy (non-hydrogen) atoms. The molecule has 1 heterocycles. The number of hydrogen-bond acceptors (Lipinski definition) is 2. The van der Waals surface area contributed by atoms with E-state index in [4.69, 9.17) is 0 Å². The van der Waals surface area contributed by atoms with Gasteiger partial charge in [-0.3, -0.25) is 0 Å². The monoisotopic (exact) mass is 350 g/mol. The topological polar surface area (TPSA) is 54.3 Å². The Morgan fingerprint density at radius 1 is 1.15 bits per heavy atom. The molecule has 3 rings (SSSR count). The molecule has 0 aliphatic rings. The molecule has 3 aromatic rings. The third-order valence-corrected chi connectivity index (χ3v) is 4.98. The van der Waals surface area contributed by atoms with Crippen molar-refractivity contribution in [1.29, 1.82) is 0 Å². The largest absolute Gasteiger partial charge is 0.477 e. The summed E-state index contributed by atoms with van der Waals surface area (Å²) in [6.45, 7) is 7.39. The number of fused-ring (bicyclic) bond motifs is 1. The first-order valence-corrected chi connectivity index (χ1v) is 9.13. The van der Waals surface area contributed by atoms with Crippen LogP contribution >= 0.6 is 0 Å². The number of rotatable bonds is 7. The number of aryl methyl sites for hydroxylation is 1. The van der Waals surface area contributed by atoms with E-state index < -0.39 is 5.97 Å². The van der Waals surface area contributed by atoms with Gasteiger partial charge in [-0.15, -0.1) is 0 Å². The highest BCUT2D eigenvalue weighted by atomic mass is 16.4. The number of para-hydroxylation sites is 1. The lowest BCUT2D eigenvalue weighted by Crippen LogP contribution is -2.25. The fraction of sp³-hybridized carbons (Fsp3) is 0.318. The minimum absolute atomic E-state index is 0.343. The highest BCUT2D eigenvalue weighted by Crippen LogP contribution is 2.28. The van der Waals surface area contributed by atoms with Crippen LogP contribution in [0.4, 0.5) is 0 Å². The number of benzene rings is 2. The average Bonchev–Trinajstić information content (AvgIpc) is 2.95. The summed E-state index contributed by atoms with van der Waals surface area (Å²) in [4.78, 5) is 12.1. The zero-order valence-electron chi connectivity index (χ0n) is 15.6. The molecule has 0 bridgehead atoms. The molecule has 0 unspecified atom stereocenters. The summed E-state index contributed by atoms with van der Waals surface area (Å²) in [5, 5.41) is 14.4. The zero-order valence-corrected chi connectivity index (χ0v) is 15.6. The van der Waals surface area contributed by atoms with E-state index in [9.17, 15) is 9.90 Å². The van der Waals surface area contributed by atoms with Crippen molar-refractivity contribution in [3.05, 3.63) is 70.9 Å². The normalized spacial score (nSPS) is 12.4. The van der Waals surface area contributed by atoms with Crippen molar-refractivity contribution in [3.63, 3.8) is 0 Å². The molecule has 136 valence electrons. The highest BCUT2D eigenvalue weighted by Gasteiger charge is 2.22. The summed E-state index contributed by atoms with van der Waals surface area (Å²) in [6, 6.07) is 16.5. The summed E-state index contributed by atoms with van der Waals surface area (Å²) in [6.07, 6.45) is 1.00. The van der Waals surface area contributed by atoms with Gasteiger partial charge in [0.15, 0.2) is 0 Å². The molecule has 4 heteroatoms. The van der Waals surface area contributed by atoms with E-state index in [1.165, 1.54) is 5.56 Å². The van der Waals surface area contributed by atoms with Crippen LogP contribution in [-0.2, 0) is 13.1 Å². The van der Waals surface area contributed by atoms with Gasteiger partial charge in [-0.1, -0.05) is 55.0 Å². The molecule has 0 aliphatic heterocycles. The second-order valence-corrected chi connectivity index (χ2v) is 6.91. The Labute approximate surface area is 154 Å². The molecule has 1 atom stereocenters. The van der Waals surface area contributed by atoms with Crippen LogP contribution in [0.25, 0.3) is 10.9 Å². The van der Waals surface area contributed by atoms with E-state index in [0.717, 1.165) is 28.5 Å². The van der Waals surface area contributed by atoms with Crippen molar-refractivity contribution < 1.29 is 9.90 Å². The molecule has 0 fully saturated rings. The van der Waals surface area contributed by atoms with E-state index in [2.05, 4.69) is 50.4 Å². The molecule has 1 aromatic heterocycles. The van der Waals surface area contributed by atoms with Gasteiger partial charge in [0.25, 0.3) is 0 Å². The van der Waals surface area contributed by atoms with Crippen LogP contribution in [0, 0.1) is 6.92 Å². The summed E-state index contributed by atoms with van der Waals surface area (Å²) in [5.41, 5.74) is 4.50. The summed E-state index contributed by atoms with van der Waals surface area (Å²) >= 11 is 0. The van der Waals surface area contributed by atoms with E-state index in [0.29, 0.717) is 24.8 Å². The lowest BCUT2D eigenvalue weighted by atomic mass is 10.1. The summed E-state index contributed by atoms with van der Waals surface area (Å²) in [7, 11) is 0. The Bertz CT molecular complexity index is 910. The Balaban J connectivity index is 2.10. The SMILES string of the molecule is CC[C@@H](C)NCc1c(C(=O)O)n(Cc2ccc(C)cc2)c2ccccc12. The van der Waals surface area contributed by atoms with Crippen molar-refractivity contribution >= 4 is 16.9 Å². The van der Waals surface area contributed by atoms with Crippen LogP contribution < -0.4 is 5.32 Å². The zero-order chi connectivity index (χ0) is 18.7. The second-order valence-electron chi connectivity index (χ2n) is 6.91. The van der Waals surface area contributed by atoms with Crippen LogP contribution in [0.15, 0.2) is 48.5 Å². The number of aromatic carboxylic acids is 1. The molecule has 0 saturated carbocycles. The van der Waals surface area contributed by atoms with Crippen LogP contribution in [0.2, 0.25) is 0 Å². The van der Waals surface area contributed by atoms with Gasteiger partial charge in [0.05, 0.1) is 0 Å². The van der Waals surface area contributed by atoms with Gasteiger partial charge in [-0.25, -0.2) is 4.79 Å². The number of hydrogen-bond donors (Lipinski definition) is 2. The summed E-state index contributed by atoms with van der Waals surface area (Å²) < 4.78 is 1.93. The van der Waals surface area contributed by atoms with Crippen molar-refractivity contribution in [2.24, 2.45) is 0 Å². The van der Waals surface area contributed by atoms with Gasteiger partial charge in [0.2, 0.25) is 0 Å². The maximum Gasteiger partial charge on any atom is 0.352 e. The van der Waals surface area contributed by atoms with E-state index in [1.807, 2.05) is 28.8 Å². The molecule has 4 nitrogen and oxygen atoms in total. The Morgan fingerprint density at radius 3 is 2.50 bits per heavy atom. The number of carboxylic acid groups (broad SMARTS) is 1. The van der Waals surface area contributed by atoms with E-state index in [-0.39, 0.29) is 0 Å². The van der Waals surface area contributed by atoms with Gasteiger partial charge in [0.1, 0.15) is 5.69 Å². The molecule has 0 radical (unpaired) electrons. The first-order chi connectivity index (χ1) is 12.5. The third kappa shape index (κ3) is 3.65. The van der Waals surface area contributed by atoms with Gasteiger partial charge in [0, 0.05) is 35.6 Å². The number of nitrogens with zero attached hydrogens (tertiary/aromatic N) is 1. The van der Waals surface area contributed by atoms with Gasteiger partial charge >= 0.3 is 5.97 Å². The van der Waals surface area contributed by atoms with Gasteiger partial charge in [-0.2, -0.15) is 0 Å². The molecular weight excluding hydrogens is 324 g/mol. The van der Waals surface area contributed by atoms with Gasteiger partial charge in [-0.05, 0) is 31.9 Å². The molecule has 0 spiro atoms. The van der Waals surface area contributed by atoms with Crippen molar-refractivity contribution in [2.75, 3.05) is 0 Å². The van der Waals surface area contributed by atoms with E-state index >= 15 is 0 Å². The molecule has 2 aromatic carbocycles. The lowest BCUT2D eigenvalue weighted by molar-refractivity contribution is 0.0684. The first-order valence-electron chi connectivity index (χ1n) is 9.13. The Morgan fingerprint density at radius 2 is 1.85 bits per heavy atom. The number of carbonyl (C=O) groups is 1. The maximum absolute atomic E-state index is 12.1. The number of carboxylic acids is 1. The predicted octanol–water partition coefficient (Wildman–Crippen LogP) is 4.58. The van der Waals surface area contributed by atoms with Crippen LogP contribution in [0.5, 0.6) is 0 Å². The first kappa shape index (κ1) is 18.2. The lowest BCUT2D eigenvalue weighted by Gasteiger charge is -2.12. The molecule has 0 aliphatic carbocycles. The van der Waals surface area contributed by atoms with Crippen LogP contribution in [-0.4, -0.2) is 21.7 Å². The Kier molecular flexibility index (Phi) is 5.43. The molecule has 0 saturated heterocycles. The molecular formula is C22H26N2O2. The van der Waals surface area contributed by atoms with Crippen LogP contribution in [0.3, 0.4) is 0 Å². The average molecular weight is 350 g/mol. The van der Waals surface area contributed by atoms with Crippen molar-refractivity contribution in [3.8, 4) is 0 Å². The third-order valence-electron chi connectivity index (χ3n) is 4.98. The second kappa shape index (κ2) is 7.75. The van der Waals surface area contributed by atoms with Crippen molar-refractivity contribution in [2.45, 2.75) is 46.3 Å². The number of nitrogens with one attached hydrogen (secondary N) is 1. The minimum Gasteiger partial charge on any atom is -0.477 e. The fourth-order valence-electron chi connectivity index (χ4n) is 3.26. The number of aromatic nitrogens is 1. The maximum atomic E-state index is 12.1. The van der Waals surface area contributed by atoms with Crippen molar-refractivity contribution in [1.82, 2.24) is 9.88 Å². The quantitative estimate of drug-likeness (QED) is 0.655. The van der Waals surface area contributed by atoms with E-state index in [1.54, 1.807) is 0 Å². The predicted molar refractivity (Wildman–Crippen MR) is 106 cm³/mol. The highest BCUT2D eigenvalue weighted by molar-refractivity contribution is 5.98. The standard InChI is InChI=1S/C22H26N2O2/c1-4-16(3)23-13-19-18-7-5-6-8-20(18)24(21(19)22(25)26)14-17-11-9-15(2)10-12-17/h5-12,16,23H,4,13-14H2,1-3H3,(H,25,26)/t16-/m1/s1. The van der Waals surface area contributed by atoms with Crippen LogP contribution in [0.1, 0.15) is 47.4 Å². The molecule has 2 N–H and O–H groups in total.